The zero-order valence-corrected chi connectivity index (χ0v) is 11.2. The summed E-state index contributed by atoms with van der Waals surface area (Å²) in [5, 5.41) is 3.32. The highest BCUT2D eigenvalue weighted by Crippen LogP contribution is 2.22. The Kier molecular flexibility index (Phi) is 5.37. The van der Waals surface area contributed by atoms with Gasteiger partial charge in [-0.15, -0.1) is 0 Å². The maximum atomic E-state index is 10.6. The van der Waals surface area contributed by atoms with E-state index < -0.39 is 0 Å². The Hall–Kier alpha value is -0.980. The van der Waals surface area contributed by atoms with E-state index in [-0.39, 0.29) is 5.91 Å². The number of nitrogens with one attached hydrogen (secondary N) is 1. The van der Waals surface area contributed by atoms with Crippen molar-refractivity contribution < 1.29 is 4.79 Å². The molecule has 0 radical (unpaired) electrons. The maximum Gasteiger partial charge on any atom is 0.216 e. The second kappa shape index (κ2) is 6.57. The van der Waals surface area contributed by atoms with Gasteiger partial charge in [0.15, 0.2) is 0 Å². The molecule has 0 saturated heterocycles. The van der Waals surface area contributed by atoms with E-state index in [9.17, 15) is 4.79 Å². The van der Waals surface area contributed by atoms with E-state index in [1.807, 2.05) is 12.1 Å². The molecule has 4 heteroatoms. The Balaban J connectivity index is 2.50. The smallest absolute Gasteiger partial charge is 0.216 e. The molecule has 0 saturated carbocycles. The molecule has 0 aliphatic carbocycles. The van der Waals surface area contributed by atoms with Crippen LogP contribution in [0.15, 0.2) is 22.7 Å². The van der Waals surface area contributed by atoms with Crippen LogP contribution in [0, 0.1) is 11.8 Å². The third-order valence-electron chi connectivity index (χ3n) is 1.78. The van der Waals surface area contributed by atoms with Crippen LogP contribution in [0.2, 0.25) is 5.02 Å². The number of carbonyl (C=O) groups is 1. The fourth-order valence-electron chi connectivity index (χ4n) is 1.04. The van der Waals surface area contributed by atoms with E-state index in [4.69, 9.17) is 11.6 Å². The van der Waals surface area contributed by atoms with Crippen LogP contribution in [0.5, 0.6) is 0 Å². The molecular weight excluding hydrogens is 289 g/mol. The molecule has 2 nitrogen and oxygen atoms in total. The first-order valence-electron chi connectivity index (χ1n) is 4.78. The first-order chi connectivity index (χ1) is 7.59. The van der Waals surface area contributed by atoms with E-state index in [1.54, 1.807) is 6.07 Å². The topological polar surface area (TPSA) is 29.1 Å². The first-order valence-corrected chi connectivity index (χ1v) is 5.95. The SMILES string of the molecule is CC(=O)NCCC#Cc1ccc(Br)c(Cl)c1. The van der Waals surface area contributed by atoms with Crippen LogP contribution in [-0.4, -0.2) is 12.5 Å². The second-order valence-corrected chi connectivity index (χ2v) is 4.43. The van der Waals surface area contributed by atoms with E-state index in [0.29, 0.717) is 18.0 Å². The summed E-state index contributed by atoms with van der Waals surface area (Å²) in [4.78, 5) is 10.6. The third kappa shape index (κ3) is 4.69. The zero-order chi connectivity index (χ0) is 12.0. The molecule has 0 unspecified atom stereocenters. The van der Waals surface area contributed by atoms with Gasteiger partial charge in [-0.3, -0.25) is 4.79 Å². The minimum absolute atomic E-state index is 0.0338. The predicted molar refractivity (Wildman–Crippen MR) is 69.3 cm³/mol. The number of benzene rings is 1. The molecule has 1 N–H and O–H groups in total. The van der Waals surface area contributed by atoms with Gasteiger partial charge in [-0.1, -0.05) is 23.4 Å². The molecule has 1 rings (SSSR count). The van der Waals surface area contributed by atoms with Crippen molar-refractivity contribution in [2.45, 2.75) is 13.3 Å². The summed E-state index contributed by atoms with van der Waals surface area (Å²) < 4.78 is 0.859. The van der Waals surface area contributed by atoms with Gasteiger partial charge in [-0.2, -0.15) is 0 Å². The van der Waals surface area contributed by atoms with Crippen LogP contribution >= 0.6 is 27.5 Å². The molecule has 16 heavy (non-hydrogen) atoms. The van der Waals surface area contributed by atoms with Crippen molar-refractivity contribution >= 4 is 33.4 Å². The van der Waals surface area contributed by atoms with Crippen molar-refractivity contribution in [1.82, 2.24) is 5.32 Å². The second-order valence-electron chi connectivity index (χ2n) is 3.16. The van der Waals surface area contributed by atoms with Gasteiger partial charge < -0.3 is 5.32 Å². The van der Waals surface area contributed by atoms with Gasteiger partial charge >= 0.3 is 0 Å². The number of halogens is 2. The molecule has 0 heterocycles. The zero-order valence-electron chi connectivity index (χ0n) is 8.81. The van der Waals surface area contributed by atoms with Crippen molar-refractivity contribution in [3.05, 3.63) is 33.3 Å². The fraction of sp³-hybridized carbons (Fsp3) is 0.250. The number of hydrogen-bond acceptors (Lipinski definition) is 1. The average Bonchev–Trinajstić information content (AvgIpc) is 2.22. The lowest BCUT2D eigenvalue weighted by molar-refractivity contribution is -0.118. The summed E-state index contributed by atoms with van der Waals surface area (Å²) in [5.41, 5.74) is 0.871. The molecule has 0 aliphatic rings. The van der Waals surface area contributed by atoms with Gasteiger partial charge in [0, 0.05) is 29.9 Å². The lowest BCUT2D eigenvalue weighted by Gasteiger charge is -1.96. The molecule has 0 aliphatic heterocycles. The summed E-state index contributed by atoms with van der Waals surface area (Å²) in [6.45, 7) is 2.06. The fourth-order valence-corrected chi connectivity index (χ4v) is 1.47. The molecule has 1 aromatic carbocycles. The summed E-state index contributed by atoms with van der Waals surface area (Å²) in [6.07, 6.45) is 0.632. The van der Waals surface area contributed by atoms with Crippen LogP contribution < -0.4 is 5.32 Å². The van der Waals surface area contributed by atoms with Gasteiger partial charge in [0.25, 0.3) is 0 Å². The molecule has 0 aromatic heterocycles. The molecular formula is C12H11BrClNO. The highest BCUT2D eigenvalue weighted by molar-refractivity contribution is 9.10. The summed E-state index contributed by atoms with van der Waals surface area (Å²) in [6, 6.07) is 5.55. The Morgan fingerprint density at radius 3 is 2.94 bits per heavy atom. The van der Waals surface area contributed by atoms with Gasteiger partial charge in [-0.25, -0.2) is 0 Å². The first kappa shape index (κ1) is 13.1. The number of amides is 1. The summed E-state index contributed by atoms with van der Waals surface area (Å²) >= 11 is 9.23. The molecule has 1 amide bonds. The van der Waals surface area contributed by atoms with Crippen LogP contribution in [-0.2, 0) is 4.79 Å². The summed E-state index contributed by atoms with van der Waals surface area (Å²) in [7, 11) is 0. The van der Waals surface area contributed by atoms with Crippen molar-refractivity contribution in [1.29, 1.82) is 0 Å². The van der Waals surface area contributed by atoms with E-state index >= 15 is 0 Å². The Morgan fingerprint density at radius 2 is 2.31 bits per heavy atom. The summed E-state index contributed by atoms with van der Waals surface area (Å²) in [5.74, 6) is 5.91. The Bertz CT molecular complexity index is 448. The van der Waals surface area contributed by atoms with Crippen LogP contribution in [0.25, 0.3) is 0 Å². The third-order valence-corrected chi connectivity index (χ3v) is 3.01. The standard InChI is InChI=1S/C12H11BrClNO/c1-9(16)15-7-3-2-4-10-5-6-11(13)12(14)8-10/h5-6,8H,3,7H2,1H3,(H,15,16). The molecule has 84 valence electrons. The lowest BCUT2D eigenvalue weighted by atomic mass is 10.2. The van der Waals surface area contributed by atoms with Crippen LogP contribution in [0.1, 0.15) is 18.9 Å². The van der Waals surface area contributed by atoms with E-state index in [1.165, 1.54) is 6.92 Å². The normalized spacial score (nSPS) is 9.19. The molecule has 1 aromatic rings. The highest BCUT2D eigenvalue weighted by atomic mass is 79.9. The van der Waals surface area contributed by atoms with Gasteiger partial charge in [0.1, 0.15) is 0 Å². The van der Waals surface area contributed by atoms with Crippen molar-refractivity contribution in [2.24, 2.45) is 0 Å². The molecule has 0 spiro atoms. The largest absolute Gasteiger partial charge is 0.355 e. The Morgan fingerprint density at radius 1 is 1.56 bits per heavy atom. The van der Waals surface area contributed by atoms with Gasteiger partial charge in [0.2, 0.25) is 5.91 Å². The molecule has 0 fully saturated rings. The van der Waals surface area contributed by atoms with Crippen molar-refractivity contribution in [3.63, 3.8) is 0 Å². The van der Waals surface area contributed by atoms with Gasteiger partial charge in [0.05, 0.1) is 5.02 Å². The number of rotatable bonds is 2. The monoisotopic (exact) mass is 299 g/mol. The molecule has 0 atom stereocenters. The maximum absolute atomic E-state index is 10.6. The van der Waals surface area contributed by atoms with E-state index in [2.05, 4.69) is 33.1 Å². The predicted octanol–water partition coefficient (Wildman–Crippen LogP) is 2.98. The minimum Gasteiger partial charge on any atom is -0.355 e. The van der Waals surface area contributed by atoms with Crippen molar-refractivity contribution in [3.8, 4) is 11.8 Å². The highest BCUT2D eigenvalue weighted by Gasteiger charge is 1.95. The quantitative estimate of drug-likeness (QED) is 0.660. The molecule has 0 bridgehead atoms. The van der Waals surface area contributed by atoms with Crippen LogP contribution in [0.3, 0.4) is 0 Å². The Labute approximate surface area is 109 Å². The van der Waals surface area contributed by atoms with E-state index in [0.717, 1.165) is 10.0 Å². The average molecular weight is 301 g/mol. The number of carbonyl (C=O) groups excluding carboxylic acids is 1. The van der Waals surface area contributed by atoms with Crippen molar-refractivity contribution in [2.75, 3.05) is 6.54 Å². The van der Waals surface area contributed by atoms with Gasteiger partial charge in [-0.05, 0) is 34.1 Å². The van der Waals surface area contributed by atoms with Crippen LogP contribution in [0.4, 0.5) is 0 Å². The number of hydrogen-bond donors (Lipinski definition) is 1. The lowest BCUT2D eigenvalue weighted by Crippen LogP contribution is -2.20. The minimum atomic E-state index is -0.0338.